The standard InChI is InChI=1S/C21H24N6O/c28-21(16-4-5-16)26-10-7-22-13-15-2-1-3-17(12-15)18-14-24-27-9-6-19(23-8-11-26)25-20(18)27/h1-3,6,9,12,14,16,22H,4-5,7-8,10-11,13H2,(H,23,25). The molecule has 2 N–H and O–H groups in total. The quantitative estimate of drug-likeness (QED) is 0.681. The summed E-state index contributed by atoms with van der Waals surface area (Å²) in [5, 5.41) is 11.3. The van der Waals surface area contributed by atoms with Crippen LogP contribution in [0.4, 0.5) is 5.82 Å². The van der Waals surface area contributed by atoms with Gasteiger partial charge >= 0.3 is 0 Å². The van der Waals surface area contributed by atoms with E-state index in [1.54, 1.807) is 4.52 Å². The van der Waals surface area contributed by atoms with Crippen molar-refractivity contribution in [2.24, 2.45) is 5.92 Å². The Labute approximate surface area is 163 Å². The fourth-order valence-corrected chi connectivity index (χ4v) is 3.71. The van der Waals surface area contributed by atoms with Crippen molar-refractivity contribution < 1.29 is 4.79 Å². The molecule has 4 bridgehead atoms. The Morgan fingerprint density at radius 1 is 1.14 bits per heavy atom. The van der Waals surface area contributed by atoms with Crippen molar-refractivity contribution in [1.29, 1.82) is 0 Å². The first-order valence-corrected chi connectivity index (χ1v) is 9.95. The molecule has 0 unspecified atom stereocenters. The first-order chi connectivity index (χ1) is 13.8. The molecule has 3 heterocycles. The molecule has 0 radical (unpaired) electrons. The average Bonchev–Trinajstić information content (AvgIpc) is 3.48. The number of hydrogen-bond acceptors (Lipinski definition) is 5. The number of amides is 1. The molecule has 2 aromatic heterocycles. The molecule has 5 rings (SSSR count). The summed E-state index contributed by atoms with van der Waals surface area (Å²) in [5.74, 6) is 1.33. The maximum Gasteiger partial charge on any atom is 0.225 e. The van der Waals surface area contributed by atoms with Crippen LogP contribution in [-0.2, 0) is 11.3 Å². The molecule has 0 saturated heterocycles. The minimum atomic E-state index is 0.239. The molecule has 2 aliphatic rings. The number of anilines is 1. The van der Waals surface area contributed by atoms with Crippen molar-refractivity contribution in [1.82, 2.24) is 24.8 Å². The van der Waals surface area contributed by atoms with Crippen LogP contribution in [0.5, 0.6) is 0 Å². The Morgan fingerprint density at radius 2 is 2.04 bits per heavy atom. The lowest BCUT2D eigenvalue weighted by Crippen LogP contribution is -2.40. The minimum Gasteiger partial charge on any atom is -0.368 e. The maximum absolute atomic E-state index is 12.6. The molecule has 1 aliphatic heterocycles. The van der Waals surface area contributed by atoms with Gasteiger partial charge in [-0.15, -0.1) is 0 Å². The zero-order valence-electron chi connectivity index (χ0n) is 15.8. The maximum atomic E-state index is 12.6. The van der Waals surface area contributed by atoms with Gasteiger partial charge in [0.05, 0.1) is 6.20 Å². The van der Waals surface area contributed by atoms with Gasteiger partial charge in [0.2, 0.25) is 5.91 Å². The van der Waals surface area contributed by atoms with Crippen molar-refractivity contribution in [2.45, 2.75) is 19.4 Å². The molecule has 1 aliphatic carbocycles. The number of carbonyl (C=O) groups is 1. The lowest BCUT2D eigenvalue weighted by atomic mass is 10.1. The predicted molar refractivity (Wildman–Crippen MR) is 108 cm³/mol. The van der Waals surface area contributed by atoms with Gasteiger partial charge in [-0.1, -0.05) is 18.2 Å². The summed E-state index contributed by atoms with van der Waals surface area (Å²) < 4.78 is 1.80. The van der Waals surface area contributed by atoms with E-state index in [-0.39, 0.29) is 11.8 Å². The molecule has 1 fully saturated rings. The molecule has 1 saturated carbocycles. The molecule has 3 aromatic rings. The van der Waals surface area contributed by atoms with Crippen LogP contribution in [0.3, 0.4) is 0 Å². The van der Waals surface area contributed by atoms with Crippen molar-refractivity contribution in [3.8, 4) is 11.1 Å². The highest BCUT2D eigenvalue weighted by Gasteiger charge is 2.33. The highest BCUT2D eigenvalue weighted by Crippen LogP contribution is 2.31. The Kier molecular flexibility index (Phi) is 4.44. The topological polar surface area (TPSA) is 74.6 Å². The third-order valence-corrected chi connectivity index (χ3v) is 5.42. The number of rotatable bonds is 1. The minimum absolute atomic E-state index is 0.239. The smallest absolute Gasteiger partial charge is 0.225 e. The van der Waals surface area contributed by atoms with Gasteiger partial charge in [-0.2, -0.15) is 5.10 Å². The van der Waals surface area contributed by atoms with Crippen LogP contribution in [0, 0.1) is 5.92 Å². The lowest BCUT2D eigenvalue weighted by molar-refractivity contribution is -0.132. The van der Waals surface area contributed by atoms with Gasteiger partial charge in [0, 0.05) is 50.4 Å². The largest absolute Gasteiger partial charge is 0.368 e. The Hall–Kier alpha value is -2.93. The Bertz CT molecular complexity index is 1010. The molecular weight excluding hydrogens is 352 g/mol. The molecule has 1 amide bonds. The van der Waals surface area contributed by atoms with Crippen LogP contribution in [0.2, 0.25) is 0 Å². The normalized spacial score (nSPS) is 17.8. The average molecular weight is 376 g/mol. The fourth-order valence-electron chi connectivity index (χ4n) is 3.71. The van der Waals surface area contributed by atoms with Crippen LogP contribution in [0.15, 0.2) is 42.7 Å². The van der Waals surface area contributed by atoms with Gasteiger partial charge < -0.3 is 15.5 Å². The van der Waals surface area contributed by atoms with Gasteiger partial charge in [0.1, 0.15) is 5.82 Å². The third kappa shape index (κ3) is 3.45. The van der Waals surface area contributed by atoms with Gasteiger partial charge in [-0.25, -0.2) is 9.50 Å². The molecule has 1 aromatic carbocycles. The van der Waals surface area contributed by atoms with Gasteiger partial charge in [0.15, 0.2) is 5.65 Å². The molecule has 0 atom stereocenters. The zero-order chi connectivity index (χ0) is 18.9. The highest BCUT2D eigenvalue weighted by atomic mass is 16.2. The SMILES string of the molecule is O=C(C1CC1)N1CCNCc2cccc(c2)-c2cnn3ccc(nc23)NCC1. The Balaban J connectivity index is 1.47. The summed E-state index contributed by atoms with van der Waals surface area (Å²) in [6.07, 6.45) is 5.86. The van der Waals surface area contributed by atoms with E-state index in [4.69, 9.17) is 4.98 Å². The van der Waals surface area contributed by atoms with Crippen molar-refractivity contribution in [3.05, 3.63) is 48.3 Å². The predicted octanol–water partition coefficient (Wildman–Crippen LogP) is 2.15. The number of hydrogen-bond donors (Lipinski definition) is 2. The molecule has 7 heteroatoms. The highest BCUT2D eigenvalue weighted by molar-refractivity contribution is 5.81. The number of benzene rings is 1. The van der Waals surface area contributed by atoms with E-state index >= 15 is 0 Å². The number of carbonyl (C=O) groups excluding carboxylic acids is 1. The summed E-state index contributed by atoms with van der Waals surface area (Å²) in [6, 6.07) is 10.4. The van der Waals surface area contributed by atoms with Gasteiger partial charge in [-0.05, 0) is 36.1 Å². The van der Waals surface area contributed by atoms with E-state index in [9.17, 15) is 4.79 Å². The first kappa shape index (κ1) is 17.2. The lowest BCUT2D eigenvalue weighted by Gasteiger charge is -2.23. The molecular formula is C21H24N6O. The summed E-state index contributed by atoms with van der Waals surface area (Å²) in [7, 11) is 0. The van der Waals surface area contributed by atoms with E-state index in [1.165, 1.54) is 5.56 Å². The van der Waals surface area contributed by atoms with Crippen LogP contribution < -0.4 is 10.6 Å². The number of fused-ring (bicyclic) bond motifs is 4. The number of nitrogens with zero attached hydrogens (tertiary/aromatic N) is 4. The summed E-state index contributed by atoms with van der Waals surface area (Å²) in [6.45, 7) is 3.65. The summed E-state index contributed by atoms with van der Waals surface area (Å²) in [4.78, 5) is 19.4. The van der Waals surface area contributed by atoms with Gasteiger partial charge in [-0.3, -0.25) is 4.79 Å². The fraction of sp³-hybridized carbons (Fsp3) is 0.381. The summed E-state index contributed by atoms with van der Waals surface area (Å²) >= 11 is 0. The summed E-state index contributed by atoms with van der Waals surface area (Å²) in [5.41, 5.74) is 4.17. The molecule has 144 valence electrons. The van der Waals surface area contributed by atoms with Gasteiger partial charge in [0.25, 0.3) is 0 Å². The third-order valence-electron chi connectivity index (χ3n) is 5.42. The van der Waals surface area contributed by atoms with Crippen molar-refractivity contribution >= 4 is 17.4 Å². The van der Waals surface area contributed by atoms with E-state index in [0.29, 0.717) is 13.1 Å². The zero-order valence-corrected chi connectivity index (χ0v) is 15.8. The van der Waals surface area contributed by atoms with Crippen LogP contribution in [0.25, 0.3) is 16.8 Å². The second-order valence-corrected chi connectivity index (χ2v) is 7.54. The molecule has 28 heavy (non-hydrogen) atoms. The first-order valence-electron chi connectivity index (χ1n) is 9.95. The Morgan fingerprint density at radius 3 is 2.93 bits per heavy atom. The van der Waals surface area contributed by atoms with E-state index in [0.717, 1.165) is 55.1 Å². The van der Waals surface area contributed by atoms with Crippen LogP contribution in [0.1, 0.15) is 18.4 Å². The monoisotopic (exact) mass is 376 g/mol. The van der Waals surface area contributed by atoms with E-state index in [1.807, 2.05) is 23.4 Å². The second kappa shape index (κ2) is 7.24. The van der Waals surface area contributed by atoms with E-state index < -0.39 is 0 Å². The van der Waals surface area contributed by atoms with Crippen LogP contribution in [-0.4, -0.2) is 51.6 Å². The molecule has 0 spiro atoms. The number of nitrogens with one attached hydrogen (secondary N) is 2. The van der Waals surface area contributed by atoms with E-state index in [2.05, 4.69) is 40.0 Å². The van der Waals surface area contributed by atoms with Crippen molar-refractivity contribution in [3.63, 3.8) is 0 Å². The van der Waals surface area contributed by atoms with Crippen LogP contribution >= 0.6 is 0 Å². The number of aromatic nitrogens is 3. The molecule has 7 nitrogen and oxygen atoms in total. The van der Waals surface area contributed by atoms with Crippen molar-refractivity contribution in [2.75, 3.05) is 31.5 Å². The second-order valence-electron chi connectivity index (χ2n) is 7.54.